The van der Waals surface area contributed by atoms with Crippen LogP contribution in [0.4, 0.5) is 11.4 Å². The lowest BCUT2D eigenvalue weighted by atomic mass is 10.0. The van der Waals surface area contributed by atoms with Gasteiger partial charge in [-0.15, -0.1) is 0 Å². The largest absolute Gasteiger partial charge is 0.495 e. The fourth-order valence-corrected chi connectivity index (χ4v) is 4.79. The summed E-state index contributed by atoms with van der Waals surface area (Å²) in [5.74, 6) is 0.386. The van der Waals surface area contributed by atoms with Crippen LogP contribution < -0.4 is 20.3 Å². The summed E-state index contributed by atoms with van der Waals surface area (Å²) in [7, 11) is 1.57. The number of benzene rings is 1. The molecule has 1 fully saturated rings. The Morgan fingerprint density at radius 2 is 1.89 bits per heavy atom. The lowest BCUT2D eigenvalue weighted by molar-refractivity contribution is -0.114. The van der Waals surface area contributed by atoms with Crippen LogP contribution >= 0.6 is 12.2 Å². The van der Waals surface area contributed by atoms with Crippen LogP contribution in [0.2, 0.25) is 0 Å². The van der Waals surface area contributed by atoms with Gasteiger partial charge in [-0.3, -0.25) is 14.8 Å². The van der Waals surface area contributed by atoms with Gasteiger partial charge in [-0.2, -0.15) is 0 Å². The standard InChI is InChI=1S/C26H24N6O2S/c1-17(33)29-21-16-19(8-9-23(21)34-2)32-25(24(30-26(32)35)20-6-3-4-12-28-20)22-7-5-15-31(22)18-10-13-27-14-11-18/h3-16,24-25H,1-2H3,(H,29,33)(H,30,35)/t24-,25+/m0/s1. The summed E-state index contributed by atoms with van der Waals surface area (Å²) in [6.45, 7) is 1.47. The van der Waals surface area contributed by atoms with Gasteiger partial charge in [-0.25, -0.2) is 0 Å². The van der Waals surface area contributed by atoms with Gasteiger partial charge < -0.3 is 24.8 Å². The number of hydrogen-bond donors (Lipinski definition) is 2. The molecule has 176 valence electrons. The smallest absolute Gasteiger partial charge is 0.221 e. The van der Waals surface area contributed by atoms with Crippen molar-refractivity contribution in [3.8, 4) is 11.4 Å². The molecule has 4 aromatic rings. The highest BCUT2D eigenvalue weighted by molar-refractivity contribution is 7.80. The summed E-state index contributed by atoms with van der Waals surface area (Å²) in [4.78, 5) is 22.7. The Morgan fingerprint density at radius 1 is 1.06 bits per heavy atom. The molecular weight excluding hydrogens is 460 g/mol. The van der Waals surface area contributed by atoms with Crippen molar-refractivity contribution in [2.24, 2.45) is 0 Å². The summed E-state index contributed by atoms with van der Waals surface area (Å²) in [5.41, 5.74) is 4.28. The molecule has 2 atom stereocenters. The lowest BCUT2D eigenvalue weighted by Gasteiger charge is -2.29. The molecule has 2 N–H and O–H groups in total. The monoisotopic (exact) mass is 484 g/mol. The Morgan fingerprint density at radius 3 is 2.60 bits per heavy atom. The van der Waals surface area contributed by atoms with Gasteiger partial charge in [0.2, 0.25) is 5.91 Å². The highest BCUT2D eigenvalue weighted by Gasteiger charge is 2.42. The van der Waals surface area contributed by atoms with E-state index in [1.165, 1.54) is 6.92 Å². The molecule has 35 heavy (non-hydrogen) atoms. The summed E-state index contributed by atoms with van der Waals surface area (Å²) < 4.78 is 7.58. The molecule has 1 amide bonds. The van der Waals surface area contributed by atoms with Gasteiger partial charge in [0.15, 0.2) is 5.11 Å². The van der Waals surface area contributed by atoms with E-state index in [9.17, 15) is 4.79 Å². The second-order valence-corrected chi connectivity index (χ2v) is 8.46. The zero-order valence-corrected chi connectivity index (χ0v) is 20.1. The number of carbonyl (C=O) groups is 1. The second kappa shape index (κ2) is 9.55. The van der Waals surface area contributed by atoms with Crippen LogP contribution in [0, 0.1) is 0 Å². The zero-order chi connectivity index (χ0) is 24.4. The topological polar surface area (TPSA) is 84.3 Å². The molecule has 3 aromatic heterocycles. The molecule has 8 nitrogen and oxygen atoms in total. The third kappa shape index (κ3) is 4.33. The molecule has 1 aromatic carbocycles. The molecule has 0 aliphatic carbocycles. The van der Waals surface area contributed by atoms with E-state index in [1.807, 2.05) is 60.8 Å². The van der Waals surface area contributed by atoms with Crippen molar-refractivity contribution in [3.63, 3.8) is 0 Å². The molecule has 9 heteroatoms. The number of hydrogen-bond acceptors (Lipinski definition) is 5. The SMILES string of the molecule is COc1ccc(N2C(=S)N[C@@H](c3ccccn3)[C@H]2c2cccn2-c2ccncc2)cc1NC(C)=O. The zero-order valence-electron chi connectivity index (χ0n) is 19.3. The van der Waals surface area contributed by atoms with E-state index in [0.29, 0.717) is 16.5 Å². The maximum Gasteiger partial charge on any atom is 0.221 e. The maximum atomic E-state index is 11.8. The number of aromatic nitrogens is 3. The molecule has 1 aliphatic rings. The number of methoxy groups -OCH3 is 1. The van der Waals surface area contributed by atoms with Crippen LogP contribution in [-0.2, 0) is 4.79 Å². The first-order chi connectivity index (χ1) is 17.1. The summed E-state index contributed by atoms with van der Waals surface area (Å²) in [6.07, 6.45) is 7.35. The van der Waals surface area contributed by atoms with E-state index < -0.39 is 0 Å². The minimum Gasteiger partial charge on any atom is -0.495 e. The van der Waals surface area contributed by atoms with Gasteiger partial charge in [0.05, 0.1) is 24.5 Å². The van der Waals surface area contributed by atoms with Crippen molar-refractivity contribution in [2.45, 2.75) is 19.0 Å². The number of amides is 1. The van der Waals surface area contributed by atoms with Crippen molar-refractivity contribution < 1.29 is 9.53 Å². The van der Waals surface area contributed by atoms with Gasteiger partial charge >= 0.3 is 0 Å². The van der Waals surface area contributed by atoms with E-state index in [1.54, 1.807) is 25.7 Å². The van der Waals surface area contributed by atoms with Gasteiger partial charge in [-0.05, 0) is 66.8 Å². The number of carbonyl (C=O) groups excluding carboxylic acids is 1. The number of rotatable bonds is 6. The molecule has 0 unspecified atom stereocenters. The van der Waals surface area contributed by atoms with Crippen molar-refractivity contribution in [2.75, 3.05) is 17.3 Å². The average molecular weight is 485 g/mol. The first-order valence-corrected chi connectivity index (χ1v) is 11.5. The Kier molecular flexibility index (Phi) is 6.15. The summed E-state index contributed by atoms with van der Waals surface area (Å²) in [5, 5.41) is 6.89. The van der Waals surface area contributed by atoms with Crippen molar-refractivity contribution in [3.05, 3.63) is 96.8 Å². The lowest BCUT2D eigenvalue weighted by Crippen LogP contribution is -2.30. The highest BCUT2D eigenvalue weighted by Crippen LogP contribution is 2.43. The normalized spacial score (nSPS) is 17.2. The van der Waals surface area contributed by atoms with Crippen LogP contribution in [0.15, 0.2) is 85.5 Å². The first-order valence-electron chi connectivity index (χ1n) is 11.1. The molecule has 0 saturated carbocycles. The Balaban J connectivity index is 1.66. The van der Waals surface area contributed by atoms with Crippen LogP contribution in [0.25, 0.3) is 5.69 Å². The third-order valence-corrected chi connectivity index (χ3v) is 6.21. The predicted octanol–water partition coefficient (Wildman–Crippen LogP) is 4.41. The van der Waals surface area contributed by atoms with E-state index in [2.05, 4.69) is 36.1 Å². The van der Waals surface area contributed by atoms with Gasteiger partial charge in [-0.1, -0.05) is 6.07 Å². The Bertz CT molecular complexity index is 1360. The van der Waals surface area contributed by atoms with E-state index >= 15 is 0 Å². The minimum absolute atomic E-state index is 0.183. The number of pyridine rings is 2. The molecule has 0 bridgehead atoms. The molecule has 0 spiro atoms. The quantitative estimate of drug-likeness (QED) is 0.392. The van der Waals surface area contributed by atoms with Crippen molar-refractivity contribution in [1.29, 1.82) is 0 Å². The summed E-state index contributed by atoms with van der Waals surface area (Å²) in [6, 6.07) is 19.1. The Hall–Kier alpha value is -4.24. The van der Waals surface area contributed by atoms with Gasteiger partial charge in [0.1, 0.15) is 11.8 Å². The number of ether oxygens (including phenoxy) is 1. The number of thiocarbonyl (C=S) groups is 1. The van der Waals surface area contributed by atoms with Gasteiger partial charge in [0.25, 0.3) is 0 Å². The number of nitrogens with zero attached hydrogens (tertiary/aromatic N) is 4. The van der Waals surface area contributed by atoms with Gasteiger partial charge in [0, 0.05) is 48.8 Å². The molecule has 1 aliphatic heterocycles. The fourth-order valence-electron chi connectivity index (χ4n) is 4.44. The van der Waals surface area contributed by atoms with E-state index in [0.717, 1.165) is 22.8 Å². The highest BCUT2D eigenvalue weighted by atomic mass is 32.1. The van der Waals surface area contributed by atoms with Crippen molar-refractivity contribution >= 4 is 34.6 Å². The average Bonchev–Trinajstić information content (AvgIpc) is 3.49. The second-order valence-electron chi connectivity index (χ2n) is 8.07. The Labute approximate surface area is 208 Å². The van der Waals surface area contributed by atoms with Crippen LogP contribution in [0.3, 0.4) is 0 Å². The molecule has 4 heterocycles. The minimum atomic E-state index is -0.223. The third-order valence-electron chi connectivity index (χ3n) is 5.89. The number of anilines is 2. The molecule has 1 saturated heterocycles. The molecule has 5 rings (SSSR count). The molecular formula is C26H24N6O2S. The van der Waals surface area contributed by atoms with Crippen molar-refractivity contribution in [1.82, 2.24) is 19.9 Å². The predicted molar refractivity (Wildman–Crippen MR) is 139 cm³/mol. The maximum absolute atomic E-state index is 11.8. The first kappa shape index (κ1) is 22.5. The van der Waals surface area contributed by atoms with E-state index in [-0.39, 0.29) is 18.0 Å². The summed E-state index contributed by atoms with van der Waals surface area (Å²) >= 11 is 5.85. The molecule has 0 radical (unpaired) electrons. The van der Waals surface area contributed by atoms with Crippen LogP contribution in [0.5, 0.6) is 5.75 Å². The van der Waals surface area contributed by atoms with E-state index in [4.69, 9.17) is 17.0 Å². The van der Waals surface area contributed by atoms with Crippen LogP contribution in [-0.4, -0.2) is 32.7 Å². The van der Waals surface area contributed by atoms with Crippen LogP contribution in [0.1, 0.15) is 30.4 Å². The fraction of sp³-hybridized carbons (Fsp3) is 0.154. The number of nitrogens with one attached hydrogen (secondary N) is 2.